The van der Waals surface area contributed by atoms with Gasteiger partial charge in [-0.3, -0.25) is 0 Å². The van der Waals surface area contributed by atoms with Crippen molar-refractivity contribution >= 4 is 5.82 Å². The zero-order valence-corrected chi connectivity index (χ0v) is 6.87. The number of hydrogen-bond acceptors (Lipinski definition) is 3. The fraction of sp³-hybridized carbons (Fsp3) is 0.500. The molecule has 0 aliphatic heterocycles. The van der Waals surface area contributed by atoms with Crippen LogP contribution in [0.2, 0.25) is 0 Å². The van der Waals surface area contributed by atoms with Gasteiger partial charge in [0, 0.05) is 12.1 Å². The van der Waals surface area contributed by atoms with Crippen molar-refractivity contribution in [3.63, 3.8) is 0 Å². The summed E-state index contributed by atoms with van der Waals surface area (Å²) in [6, 6.07) is 1.71. The van der Waals surface area contributed by atoms with Gasteiger partial charge in [0.15, 0.2) is 0 Å². The van der Waals surface area contributed by atoms with Crippen LogP contribution in [-0.4, -0.2) is 16.0 Å². The van der Waals surface area contributed by atoms with Crippen molar-refractivity contribution in [2.75, 3.05) is 5.32 Å². The molecule has 1 heterocycles. The first-order valence-corrected chi connectivity index (χ1v) is 4.12. The molecule has 70 valence electrons. The van der Waals surface area contributed by atoms with E-state index in [1.54, 1.807) is 0 Å². The van der Waals surface area contributed by atoms with E-state index in [1.165, 1.54) is 6.07 Å². The van der Waals surface area contributed by atoms with Crippen molar-refractivity contribution in [2.24, 2.45) is 0 Å². The Morgan fingerprint density at radius 1 is 1.38 bits per heavy atom. The Bertz CT molecular complexity index is 299. The molecule has 0 amide bonds. The van der Waals surface area contributed by atoms with Crippen LogP contribution in [0.15, 0.2) is 12.4 Å². The topological polar surface area (TPSA) is 37.8 Å². The van der Waals surface area contributed by atoms with E-state index in [4.69, 9.17) is 0 Å². The minimum Gasteiger partial charge on any atom is -0.367 e. The molecule has 13 heavy (non-hydrogen) atoms. The highest BCUT2D eigenvalue weighted by atomic mass is 19.3. The second kappa shape index (κ2) is 3.24. The standard InChI is InChI=1S/C8H9F2N3/c9-8(10)6-3-7(12-4-11-6)13-5-1-2-5/h3-5,8H,1-2H2,(H,11,12,13). The van der Waals surface area contributed by atoms with E-state index >= 15 is 0 Å². The maximum absolute atomic E-state index is 12.2. The normalized spacial score (nSPS) is 16.2. The maximum Gasteiger partial charge on any atom is 0.280 e. The van der Waals surface area contributed by atoms with E-state index in [2.05, 4.69) is 15.3 Å². The third-order valence-electron chi connectivity index (χ3n) is 1.84. The van der Waals surface area contributed by atoms with Crippen LogP contribution in [0.3, 0.4) is 0 Å². The van der Waals surface area contributed by atoms with Crippen LogP contribution in [0.1, 0.15) is 25.0 Å². The van der Waals surface area contributed by atoms with Crippen molar-refractivity contribution < 1.29 is 8.78 Å². The molecule has 0 saturated heterocycles. The fourth-order valence-corrected chi connectivity index (χ4v) is 1.01. The summed E-state index contributed by atoms with van der Waals surface area (Å²) in [4.78, 5) is 7.31. The molecular formula is C8H9F2N3. The van der Waals surface area contributed by atoms with Gasteiger partial charge in [0.1, 0.15) is 17.8 Å². The number of halogens is 2. The minimum absolute atomic E-state index is 0.224. The lowest BCUT2D eigenvalue weighted by Gasteiger charge is -2.04. The molecule has 0 unspecified atom stereocenters. The van der Waals surface area contributed by atoms with Crippen molar-refractivity contribution in [1.82, 2.24) is 9.97 Å². The first-order chi connectivity index (χ1) is 6.25. The van der Waals surface area contributed by atoms with Crippen LogP contribution >= 0.6 is 0 Å². The molecule has 0 bridgehead atoms. The van der Waals surface area contributed by atoms with E-state index in [1.807, 2.05) is 0 Å². The van der Waals surface area contributed by atoms with Crippen molar-refractivity contribution in [3.8, 4) is 0 Å². The number of aromatic nitrogens is 2. The zero-order chi connectivity index (χ0) is 9.26. The summed E-state index contributed by atoms with van der Waals surface area (Å²) in [6.45, 7) is 0. The molecular weight excluding hydrogens is 176 g/mol. The van der Waals surface area contributed by atoms with Gasteiger partial charge < -0.3 is 5.32 Å². The molecule has 0 radical (unpaired) electrons. The van der Waals surface area contributed by atoms with Gasteiger partial charge in [-0.15, -0.1) is 0 Å². The molecule has 1 N–H and O–H groups in total. The average Bonchev–Trinajstić information content (AvgIpc) is 2.89. The first kappa shape index (κ1) is 8.34. The summed E-state index contributed by atoms with van der Waals surface area (Å²) in [7, 11) is 0. The Labute approximate surface area is 74.2 Å². The molecule has 1 aliphatic carbocycles. The average molecular weight is 185 g/mol. The van der Waals surface area contributed by atoms with Crippen molar-refractivity contribution in [1.29, 1.82) is 0 Å². The Balaban J connectivity index is 2.11. The molecule has 1 aliphatic rings. The predicted molar refractivity (Wildman–Crippen MR) is 43.6 cm³/mol. The molecule has 0 aromatic carbocycles. The van der Waals surface area contributed by atoms with Gasteiger partial charge in [0.2, 0.25) is 0 Å². The third-order valence-corrected chi connectivity index (χ3v) is 1.84. The summed E-state index contributed by atoms with van der Waals surface area (Å²) < 4.78 is 24.4. The lowest BCUT2D eigenvalue weighted by molar-refractivity contribution is 0.146. The molecule has 0 atom stereocenters. The second-order valence-electron chi connectivity index (χ2n) is 3.05. The lowest BCUT2D eigenvalue weighted by atomic mass is 10.4. The van der Waals surface area contributed by atoms with E-state index in [0.29, 0.717) is 11.9 Å². The number of anilines is 1. The third kappa shape index (κ3) is 2.11. The van der Waals surface area contributed by atoms with Gasteiger partial charge in [-0.25, -0.2) is 18.7 Å². The number of nitrogens with one attached hydrogen (secondary N) is 1. The summed E-state index contributed by atoms with van der Waals surface area (Å²) >= 11 is 0. The lowest BCUT2D eigenvalue weighted by Crippen LogP contribution is -2.04. The molecule has 5 heteroatoms. The summed E-state index contributed by atoms with van der Waals surface area (Å²) in [6.07, 6.45) is 0.816. The molecule has 1 aromatic rings. The number of alkyl halides is 2. The van der Waals surface area contributed by atoms with Gasteiger partial charge in [-0.1, -0.05) is 0 Å². The monoisotopic (exact) mass is 185 g/mol. The number of rotatable bonds is 3. The molecule has 3 nitrogen and oxygen atoms in total. The Hall–Kier alpha value is -1.26. The molecule has 0 spiro atoms. The Morgan fingerprint density at radius 3 is 2.77 bits per heavy atom. The van der Waals surface area contributed by atoms with E-state index in [9.17, 15) is 8.78 Å². The van der Waals surface area contributed by atoms with Crippen LogP contribution in [0.5, 0.6) is 0 Å². The van der Waals surface area contributed by atoms with E-state index < -0.39 is 6.43 Å². The van der Waals surface area contributed by atoms with Crippen LogP contribution < -0.4 is 5.32 Å². The van der Waals surface area contributed by atoms with Crippen molar-refractivity contribution in [2.45, 2.75) is 25.3 Å². The minimum atomic E-state index is -2.53. The largest absolute Gasteiger partial charge is 0.367 e. The highest BCUT2D eigenvalue weighted by Gasteiger charge is 2.21. The molecule has 1 saturated carbocycles. The van der Waals surface area contributed by atoms with Gasteiger partial charge >= 0.3 is 0 Å². The Morgan fingerprint density at radius 2 is 2.15 bits per heavy atom. The van der Waals surface area contributed by atoms with E-state index in [-0.39, 0.29) is 5.69 Å². The second-order valence-corrected chi connectivity index (χ2v) is 3.05. The first-order valence-electron chi connectivity index (χ1n) is 4.12. The van der Waals surface area contributed by atoms with Crippen LogP contribution in [-0.2, 0) is 0 Å². The van der Waals surface area contributed by atoms with Gasteiger partial charge in [0.25, 0.3) is 6.43 Å². The smallest absolute Gasteiger partial charge is 0.280 e. The van der Waals surface area contributed by atoms with Gasteiger partial charge in [-0.2, -0.15) is 0 Å². The molecule has 1 fully saturated rings. The summed E-state index contributed by atoms with van der Waals surface area (Å²) in [5.41, 5.74) is -0.224. The predicted octanol–water partition coefficient (Wildman–Crippen LogP) is 1.99. The summed E-state index contributed by atoms with van der Waals surface area (Å²) in [5.74, 6) is 0.493. The van der Waals surface area contributed by atoms with Crippen LogP contribution in [0.4, 0.5) is 14.6 Å². The number of nitrogens with zero attached hydrogens (tertiary/aromatic N) is 2. The van der Waals surface area contributed by atoms with Gasteiger partial charge in [0.05, 0.1) is 0 Å². The summed E-state index contributed by atoms with van der Waals surface area (Å²) in [5, 5.41) is 3.03. The highest BCUT2D eigenvalue weighted by Crippen LogP contribution is 2.25. The van der Waals surface area contributed by atoms with Crippen LogP contribution in [0.25, 0.3) is 0 Å². The number of hydrogen-bond donors (Lipinski definition) is 1. The van der Waals surface area contributed by atoms with Gasteiger partial charge in [-0.05, 0) is 12.8 Å². The molecule has 1 aromatic heterocycles. The van der Waals surface area contributed by atoms with E-state index in [0.717, 1.165) is 19.2 Å². The molecule has 2 rings (SSSR count). The zero-order valence-electron chi connectivity index (χ0n) is 6.87. The quantitative estimate of drug-likeness (QED) is 0.782. The maximum atomic E-state index is 12.2. The van der Waals surface area contributed by atoms with Crippen LogP contribution in [0, 0.1) is 0 Å². The fourth-order valence-electron chi connectivity index (χ4n) is 1.01. The van der Waals surface area contributed by atoms with Crippen molar-refractivity contribution in [3.05, 3.63) is 18.1 Å². The highest BCUT2D eigenvalue weighted by molar-refractivity contribution is 5.37. The Kier molecular flexibility index (Phi) is 2.08. The SMILES string of the molecule is FC(F)c1cc(NC2CC2)ncn1.